The standard InChI is InChI=1S/C15H13FN4O2S/c1-11-10-15(20(18-11)14-8-4-5-9-17-14)19-23(21,22)13-7-3-2-6-12(13)16/h2-10,19H,1H3. The van der Waals surface area contributed by atoms with Crippen molar-refractivity contribution in [2.24, 2.45) is 0 Å². The Morgan fingerprint density at radius 1 is 1.13 bits per heavy atom. The molecule has 23 heavy (non-hydrogen) atoms. The Balaban J connectivity index is 2.03. The molecule has 0 aliphatic carbocycles. The number of halogens is 1. The van der Waals surface area contributed by atoms with Crippen LogP contribution < -0.4 is 4.72 Å². The number of pyridine rings is 1. The summed E-state index contributed by atoms with van der Waals surface area (Å²) >= 11 is 0. The molecule has 3 rings (SSSR count). The zero-order chi connectivity index (χ0) is 16.4. The van der Waals surface area contributed by atoms with Gasteiger partial charge in [-0.25, -0.2) is 17.8 Å². The van der Waals surface area contributed by atoms with Crippen molar-refractivity contribution in [2.45, 2.75) is 11.8 Å². The van der Waals surface area contributed by atoms with Crippen LogP contribution in [0, 0.1) is 12.7 Å². The summed E-state index contributed by atoms with van der Waals surface area (Å²) in [6.07, 6.45) is 1.57. The average molecular weight is 332 g/mol. The molecule has 0 radical (unpaired) electrons. The third kappa shape index (κ3) is 3.07. The third-order valence-corrected chi connectivity index (χ3v) is 4.45. The van der Waals surface area contributed by atoms with Crippen molar-refractivity contribution in [3.8, 4) is 5.82 Å². The number of hydrogen-bond acceptors (Lipinski definition) is 4. The maximum absolute atomic E-state index is 13.8. The van der Waals surface area contributed by atoms with Gasteiger partial charge in [0, 0.05) is 12.3 Å². The largest absolute Gasteiger partial charge is 0.265 e. The molecule has 1 N–H and O–H groups in total. The van der Waals surface area contributed by atoms with Gasteiger partial charge in [0.05, 0.1) is 5.69 Å². The summed E-state index contributed by atoms with van der Waals surface area (Å²) in [4.78, 5) is 3.71. The van der Waals surface area contributed by atoms with Crippen LogP contribution in [0.1, 0.15) is 5.69 Å². The molecule has 118 valence electrons. The first-order valence-corrected chi connectivity index (χ1v) is 8.21. The molecular formula is C15H13FN4O2S. The van der Waals surface area contributed by atoms with Crippen LogP contribution in [0.4, 0.5) is 10.2 Å². The van der Waals surface area contributed by atoms with Crippen LogP contribution in [0.25, 0.3) is 5.82 Å². The highest BCUT2D eigenvalue weighted by molar-refractivity contribution is 7.92. The Bertz CT molecular complexity index is 939. The van der Waals surface area contributed by atoms with Crippen LogP contribution >= 0.6 is 0 Å². The number of benzene rings is 1. The van der Waals surface area contributed by atoms with Crippen LogP contribution in [0.15, 0.2) is 59.6 Å². The summed E-state index contributed by atoms with van der Waals surface area (Å²) < 4.78 is 42.3. The van der Waals surface area contributed by atoms with Crippen molar-refractivity contribution in [1.29, 1.82) is 0 Å². The molecule has 0 aliphatic rings. The van der Waals surface area contributed by atoms with Crippen molar-refractivity contribution in [3.05, 3.63) is 66.2 Å². The van der Waals surface area contributed by atoms with E-state index < -0.39 is 20.7 Å². The predicted octanol–water partition coefficient (Wildman–Crippen LogP) is 2.52. The van der Waals surface area contributed by atoms with Crippen molar-refractivity contribution >= 4 is 15.8 Å². The summed E-state index contributed by atoms with van der Waals surface area (Å²) in [5, 5.41) is 4.21. The molecule has 0 saturated heterocycles. The smallest absolute Gasteiger partial charge is 0.263 e. The quantitative estimate of drug-likeness (QED) is 0.796. The van der Waals surface area contributed by atoms with E-state index in [0.717, 1.165) is 6.07 Å². The number of aromatic nitrogens is 3. The van der Waals surface area contributed by atoms with Gasteiger partial charge in [0.25, 0.3) is 10.0 Å². The van der Waals surface area contributed by atoms with E-state index in [2.05, 4.69) is 14.8 Å². The van der Waals surface area contributed by atoms with Gasteiger partial charge in [-0.3, -0.25) is 4.72 Å². The molecule has 0 spiro atoms. The molecule has 2 aromatic heterocycles. The fourth-order valence-electron chi connectivity index (χ4n) is 2.08. The van der Waals surface area contributed by atoms with Crippen molar-refractivity contribution in [1.82, 2.24) is 14.8 Å². The number of nitrogens with one attached hydrogen (secondary N) is 1. The molecule has 0 atom stereocenters. The molecule has 8 heteroatoms. The first-order valence-electron chi connectivity index (χ1n) is 6.73. The first kappa shape index (κ1) is 15.2. The topological polar surface area (TPSA) is 76.9 Å². The highest BCUT2D eigenvalue weighted by Gasteiger charge is 2.21. The lowest BCUT2D eigenvalue weighted by atomic mass is 10.4. The van der Waals surface area contributed by atoms with E-state index in [1.54, 1.807) is 37.4 Å². The van der Waals surface area contributed by atoms with E-state index in [1.165, 1.54) is 22.9 Å². The zero-order valence-corrected chi connectivity index (χ0v) is 13.0. The van der Waals surface area contributed by atoms with E-state index >= 15 is 0 Å². The van der Waals surface area contributed by atoms with Crippen LogP contribution in [0.5, 0.6) is 0 Å². The molecule has 0 bridgehead atoms. The van der Waals surface area contributed by atoms with Gasteiger partial charge in [-0.15, -0.1) is 0 Å². The molecule has 0 aliphatic heterocycles. The number of aryl methyl sites for hydroxylation is 1. The second-order valence-electron chi connectivity index (χ2n) is 4.81. The lowest BCUT2D eigenvalue weighted by molar-refractivity contribution is 0.570. The summed E-state index contributed by atoms with van der Waals surface area (Å²) in [6.45, 7) is 1.72. The molecule has 3 aromatic rings. The number of nitrogens with zero attached hydrogens (tertiary/aromatic N) is 3. The third-order valence-electron chi connectivity index (χ3n) is 3.06. The molecule has 1 aromatic carbocycles. The summed E-state index contributed by atoms with van der Waals surface area (Å²) in [6, 6.07) is 11.9. The van der Waals surface area contributed by atoms with Gasteiger partial charge in [-0.05, 0) is 31.2 Å². The zero-order valence-electron chi connectivity index (χ0n) is 12.1. The van der Waals surface area contributed by atoms with Gasteiger partial charge in [0.2, 0.25) is 0 Å². The Morgan fingerprint density at radius 2 is 1.87 bits per heavy atom. The summed E-state index contributed by atoms with van der Waals surface area (Å²) in [5.41, 5.74) is 0.599. The van der Waals surface area contributed by atoms with E-state index in [9.17, 15) is 12.8 Å². The normalized spacial score (nSPS) is 11.4. The van der Waals surface area contributed by atoms with Crippen LogP contribution in [0.2, 0.25) is 0 Å². The van der Waals surface area contributed by atoms with Gasteiger partial charge in [-0.2, -0.15) is 9.78 Å². The van der Waals surface area contributed by atoms with Gasteiger partial charge in [0.1, 0.15) is 16.5 Å². The van der Waals surface area contributed by atoms with E-state index in [4.69, 9.17) is 0 Å². The molecular weight excluding hydrogens is 319 g/mol. The van der Waals surface area contributed by atoms with E-state index in [0.29, 0.717) is 11.5 Å². The SMILES string of the molecule is Cc1cc(NS(=O)(=O)c2ccccc2F)n(-c2ccccn2)n1. The minimum atomic E-state index is -4.07. The van der Waals surface area contributed by atoms with Crippen LogP contribution in [-0.4, -0.2) is 23.2 Å². The Labute approximate surface area is 132 Å². The van der Waals surface area contributed by atoms with Gasteiger partial charge >= 0.3 is 0 Å². The predicted molar refractivity (Wildman–Crippen MR) is 83.3 cm³/mol. The molecule has 6 nitrogen and oxygen atoms in total. The summed E-state index contributed by atoms with van der Waals surface area (Å²) in [7, 11) is -4.07. The van der Waals surface area contributed by atoms with Crippen molar-refractivity contribution in [3.63, 3.8) is 0 Å². The minimum Gasteiger partial charge on any atom is -0.263 e. The lowest BCUT2D eigenvalue weighted by Crippen LogP contribution is -2.17. The van der Waals surface area contributed by atoms with Crippen LogP contribution in [-0.2, 0) is 10.0 Å². The molecule has 2 heterocycles. The molecule has 0 amide bonds. The monoisotopic (exact) mass is 332 g/mol. The van der Waals surface area contributed by atoms with E-state index in [1.807, 2.05) is 0 Å². The second-order valence-corrected chi connectivity index (χ2v) is 6.46. The highest BCUT2D eigenvalue weighted by atomic mass is 32.2. The first-order chi connectivity index (χ1) is 11.0. The average Bonchev–Trinajstić information content (AvgIpc) is 2.88. The number of sulfonamides is 1. The number of hydrogen-bond donors (Lipinski definition) is 1. The maximum Gasteiger partial charge on any atom is 0.265 e. The van der Waals surface area contributed by atoms with Crippen molar-refractivity contribution in [2.75, 3.05) is 4.72 Å². The minimum absolute atomic E-state index is 0.185. The van der Waals surface area contributed by atoms with Crippen LogP contribution in [0.3, 0.4) is 0 Å². The number of rotatable bonds is 4. The van der Waals surface area contributed by atoms with E-state index in [-0.39, 0.29) is 5.82 Å². The highest BCUT2D eigenvalue weighted by Crippen LogP contribution is 2.21. The Hall–Kier alpha value is -2.74. The lowest BCUT2D eigenvalue weighted by Gasteiger charge is -2.10. The molecule has 0 fully saturated rings. The Morgan fingerprint density at radius 3 is 2.57 bits per heavy atom. The fraction of sp³-hybridized carbons (Fsp3) is 0.0667. The Kier molecular flexibility index (Phi) is 3.83. The molecule has 0 saturated carbocycles. The van der Waals surface area contributed by atoms with Gasteiger partial charge < -0.3 is 0 Å². The van der Waals surface area contributed by atoms with Gasteiger partial charge in [-0.1, -0.05) is 18.2 Å². The fourth-order valence-corrected chi connectivity index (χ4v) is 3.19. The second kappa shape index (κ2) is 5.81. The number of anilines is 1. The summed E-state index contributed by atoms with van der Waals surface area (Å²) in [5.74, 6) is -0.183. The molecule has 0 unspecified atom stereocenters. The van der Waals surface area contributed by atoms with Crippen molar-refractivity contribution < 1.29 is 12.8 Å². The maximum atomic E-state index is 13.8. The van der Waals surface area contributed by atoms with Gasteiger partial charge in [0.15, 0.2) is 5.82 Å².